The Morgan fingerprint density at radius 3 is 1.40 bits per heavy atom. The lowest BCUT2D eigenvalue weighted by Gasteiger charge is -2.34. The summed E-state index contributed by atoms with van der Waals surface area (Å²) in [5, 5.41) is 2.31. The van der Waals surface area contributed by atoms with E-state index in [-0.39, 0.29) is 0 Å². The van der Waals surface area contributed by atoms with Gasteiger partial charge in [-0.15, -0.1) is 0 Å². The third kappa shape index (κ3) is 6.41. The van der Waals surface area contributed by atoms with Crippen LogP contribution >= 0.6 is 0 Å². The molecular weight excluding hydrogens is 785 g/mol. The van der Waals surface area contributed by atoms with Crippen molar-refractivity contribution in [2.75, 3.05) is 0 Å². The van der Waals surface area contributed by atoms with Crippen LogP contribution in [0.5, 0.6) is 0 Å². The van der Waals surface area contributed by atoms with Gasteiger partial charge in [-0.05, 0) is 89.7 Å². The Hall–Kier alpha value is -8.46. The first-order valence-corrected chi connectivity index (χ1v) is 22.3. The molecule has 0 saturated heterocycles. The van der Waals surface area contributed by atoms with E-state index in [2.05, 4.69) is 249 Å². The summed E-state index contributed by atoms with van der Waals surface area (Å²) in [5.74, 6) is 0.690. The molecule has 0 aliphatic heterocycles. The van der Waals surface area contributed by atoms with Crippen LogP contribution in [-0.4, -0.2) is 9.97 Å². The van der Waals surface area contributed by atoms with Gasteiger partial charge in [0, 0.05) is 16.7 Å². The van der Waals surface area contributed by atoms with Crippen LogP contribution in [0.3, 0.4) is 0 Å². The topological polar surface area (TPSA) is 25.8 Å². The zero-order chi connectivity index (χ0) is 43.2. The Labute approximate surface area is 379 Å². The van der Waals surface area contributed by atoms with E-state index < -0.39 is 5.41 Å². The van der Waals surface area contributed by atoms with Crippen LogP contribution in [0.2, 0.25) is 0 Å². The third-order valence-corrected chi connectivity index (χ3v) is 13.2. The molecule has 304 valence electrons. The molecule has 10 aromatic carbocycles. The van der Waals surface area contributed by atoms with Crippen molar-refractivity contribution in [3.63, 3.8) is 0 Å². The van der Waals surface area contributed by atoms with E-state index in [0.717, 1.165) is 44.6 Å². The van der Waals surface area contributed by atoms with E-state index in [9.17, 15) is 0 Å². The molecule has 12 rings (SSSR count). The minimum atomic E-state index is -0.481. The molecule has 0 amide bonds. The number of rotatable bonds is 8. The number of hydrogen-bond acceptors (Lipinski definition) is 2. The quantitative estimate of drug-likeness (QED) is 0.152. The molecule has 65 heavy (non-hydrogen) atoms. The molecule has 0 radical (unpaired) electrons. The highest BCUT2D eigenvalue weighted by Crippen LogP contribution is 2.58. The summed E-state index contributed by atoms with van der Waals surface area (Å²) >= 11 is 0. The van der Waals surface area contributed by atoms with E-state index in [1.807, 2.05) is 6.07 Å². The van der Waals surface area contributed by atoms with Gasteiger partial charge in [-0.1, -0.05) is 243 Å². The van der Waals surface area contributed by atoms with Crippen LogP contribution in [0.15, 0.2) is 255 Å². The summed E-state index contributed by atoms with van der Waals surface area (Å²) in [4.78, 5) is 10.7. The molecule has 1 aromatic heterocycles. The van der Waals surface area contributed by atoms with E-state index in [0.29, 0.717) is 5.82 Å². The summed E-state index contributed by atoms with van der Waals surface area (Å²) < 4.78 is 0. The van der Waals surface area contributed by atoms with Crippen molar-refractivity contribution in [3.8, 4) is 78.4 Å². The van der Waals surface area contributed by atoms with Crippen molar-refractivity contribution in [3.05, 3.63) is 277 Å². The second-order valence-corrected chi connectivity index (χ2v) is 16.8. The second-order valence-electron chi connectivity index (χ2n) is 16.8. The van der Waals surface area contributed by atoms with Gasteiger partial charge in [0.25, 0.3) is 0 Å². The molecule has 0 N–H and O–H groups in total. The highest BCUT2D eigenvalue weighted by Gasteiger charge is 2.46. The lowest BCUT2D eigenvalue weighted by atomic mass is 9.67. The second kappa shape index (κ2) is 16.0. The van der Waals surface area contributed by atoms with Crippen molar-refractivity contribution in [2.24, 2.45) is 0 Å². The average Bonchev–Trinajstić information content (AvgIpc) is 3.71. The average molecular weight is 827 g/mol. The molecule has 1 aliphatic carbocycles. The van der Waals surface area contributed by atoms with Gasteiger partial charge in [0.2, 0.25) is 0 Å². The molecule has 1 aliphatic rings. The van der Waals surface area contributed by atoms with E-state index in [1.165, 1.54) is 61.0 Å². The zero-order valence-corrected chi connectivity index (χ0v) is 35.6. The first kappa shape index (κ1) is 38.2. The molecule has 0 spiro atoms. The predicted octanol–water partition coefficient (Wildman–Crippen LogP) is 16.0. The molecule has 0 atom stereocenters. The van der Waals surface area contributed by atoms with Gasteiger partial charge in [-0.25, -0.2) is 9.97 Å². The summed E-state index contributed by atoms with van der Waals surface area (Å²) in [6.45, 7) is 0. The lowest BCUT2D eigenvalue weighted by Crippen LogP contribution is -2.28. The van der Waals surface area contributed by atoms with E-state index >= 15 is 0 Å². The van der Waals surface area contributed by atoms with Crippen molar-refractivity contribution in [2.45, 2.75) is 5.41 Å². The fraction of sp³-hybridized carbons (Fsp3) is 0.0159. The smallest absolute Gasteiger partial charge is 0.160 e. The molecular formula is C63H42N2. The van der Waals surface area contributed by atoms with E-state index in [1.54, 1.807) is 0 Å². The Kier molecular flexibility index (Phi) is 9.43. The van der Waals surface area contributed by atoms with Crippen molar-refractivity contribution < 1.29 is 0 Å². The summed E-state index contributed by atoms with van der Waals surface area (Å²) in [6, 6.07) is 91.9. The maximum Gasteiger partial charge on any atom is 0.160 e. The molecule has 2 heteroatoms. The first-order chi connectivity index (χ1) is 32.3. The zero-order valence-electron chi connectivity index (χ0n) is 35.6. The van der Waals surface area contributed by atoms with Crippen LogP contribution in [0, 0.1) is 0 Å². The summed E-state index contributed by atoms with van der Waals surface area (Å²) in [6.07, 6.45) is 0. The van der Waals surface area contributed by atoms with Gasteiger partial charge in [0.15, 0.2) is 5.82 Å². The Bertz CT molecular complexity index is 3470. The van der Waals surface area contributed by atoms with Crippen LogP contribution < -0.4 is 0 Å². The monoisotopic (exact) mass is 826 g/mol. The van der Waals surface area contributed by atoms with Crippen LogP contribution in [0.4, 0.5) is 0 Å². The molecule has 2 nitrogen and oxygen atoms in total. The van der Waals surface area contributed by atoms with Crippen LogP contribution in [0.25, 0.3) is 89.2 Å². The predicted molar refractivity (Wildman–Crippen MR) is 269 cm³/mol. The summed E-state index contributed by atoms with van der Waals surface area (Å²) in [5.41, 5.74) is 19.1. The Morgan fingerprint density at radius 2 is 0.738 bits per heavy atom. The first-order valence-electron chi connectivity index (χ1n) is 22.3. The minimum Gasteiger partial charge on any atom is -0.228 e. The van der Waals surface area contributed by atoms with Gasteiger partial charge in [-0.2, -0.15) is 0 Å². The normalized spacial score (nSPS) is 12.4. The van der Waals surface area contributed by atoms with Gasteiger partial charge in [0.05, 0.1) is 16.8 Å². The van der Waals surface area contributed by atoms with Gasteiger partial charge >= 0.3 is 0 Å². The van der Waals surface area contributed by atoms with Gasteiger partial charge in [-0.3, -0.25) is 0 Å². The lowest BCUT2D eigenvalue weighted by molar-refractivity contribution is 0.768. The van der Waals surface area contributed by atoms with E-state index in [4.69, 9.17) is 9.97 Å². The summed E-state index contributed by atoms with van der Waals surface area (Å²) in [7, 11) is 0. The number of benzene rings is 10. The largest absolute Gasteiger partial charge is 0.228 e. The van der Waals surface area contributed by atoms with Crippen molar-refractivity contribution in [1.82, 2.24) is 9.97 Å². The van der Waals surface area contributed by atoms with Crippen molar-refractivity contribution >= 4 is 10.8 Å². The van der Waals surface area contributed by atoms with Gasteiger partial charge in [0.1, 0.15) is 0 Å². The fourth-order valence-corrected chi connectivity index (χ4v) is 10.4. The van der Waals surface area contributed by atoms with Crippen LogP contribution in [0.1, 0.15) is 22.3 Å². The SMILES string of the molecule is c1ccc(-c2nc(-c3ccc(-c4ccccc4)c(-c4ccccc4)c3)cc(-c3ccc(-c4cccc5c4-c4ccccc4C5(c4ccccc4)c4ccccc4)c4ccccc34)n2)cc1. The Balaban J connectivity index is 1.06. The van der Waals surface area contributed by atoms with Gasteiger partial charge < -0.3 is 0 Å². The van der Waals surface area contributed by atoms with Crippen LogP contribution in [-0.2, 0) is 5.41 Å². The Morgan fingerprint density at radius 1 is 0.262 bits per heavy atom. The molecule has 0 saturated carbocycles. The number of fused-ring (bicyclic) bond motifs is 4. The van der Waals surface area contributed by atoms with Crippen molar-refractivity contribution in [1.29, 1.82) is 0 Å². The molecule has 0 bridgehead atoms. The molecule has 0 fully saturated rings. The molecule has 11 aromatic rings. The fourth-order valence-electron chi connectivity index (χ4n) is 10.4. The number of hydrogen-bond donors (Lipinski definition) is 0. The number of nitrogens with zero attached hydrogens (tertiary/aromatic N) is 2. The molecule has 1 heterocycles. The minimum absolute atomic E-state index is 0.481. The maximum atomic E-state index is 5.36. The highest BCUT2D eigenvalue weighted by molar-refractivity contribution is 6.08. The third-order valence-electron chi connectivity index (χ3n) is 13.2. The number of aromatic nitrogens is 2. The maximum absolute atomic E-state index is 5.36. The highest BCUT2D eigenvalue weighted by atomic mass is 14.9. The standard InChI is InChI=1S/C63H42N2/c1-6-21-43(22-7-1)49-38-37-46(41-56(49)44-23-8-2-9-24-44)59-42-60(65-62(64-59)45-25-10-3-11-26-45)53-40-39-52(50-31-16-17-32-51(50)53)54-34-20-36-58-61(54)55-33-18-19-35-57(55)63(58,47-27-12-4-13-28-47)48-29-14-5-15-30-48/h1-42H. The molecule has 0 unspecified atom stereocenters.